The Morgan fingerprint density at radius 1 is 1.00 bits per heavy atom. The first-order valence-corrected chi connectivity index (χ1v) is 5.07. The van der Waals surface area contributed by atoms with Gasteiger partial charge in [-0.05, 0) is 0 Å². The summed E-state index contributed by atoms with van der Waals surface area (Å²) >= 11 is 0. The van der Waals surface area contributed by atoms with E-state index in [1.807, 2.05) is 0 Å². The van der Waals surface area contributed by atoms with Crippen molar-refractivity contribution in [2.24, 2.45) is 0 Å². The van der Waals surface area contributed by atoms with E-state index in [0.717, 1.165) is 4.90 Å². The van der Waals surface area contributed by atoms with Crippen molar-refractivity contribution in [3.05, 3.63) is 0 Å². The van der Waals surface area contributed by atoms with Crippen LogP contribution in [0.2, 0.25) is 0 Å². The Kier molecular flexibility index (Phi) is 7.59. The second kappa shape index (κ2) is 8.39. The van der Waals surface area contributed by atoms with Gasteiger partial charge < -0.3 is 25.7 Å². The highest BCUT2D eigenvalue weighted by Crippen LogP contribution is 1.93. The molecular formula is C9H16N2O7. The van der Waals surface area contributed by atoms with E-state index in [0.29, 0.717) is 0 Å². The zero-order chi connectivity index (χ0) is 14.1. The van der Waals surface area contributed by atoms with E-state index in [-0.39, 0.29) is 19.6 Å². The third-order valence-electron chi connectivity index (χ3n) is 1.84. The number of nitrogens with one attached hydrogen (secondary N) is 1. The molecule has 5 N–H and O–H groups in total. The third-order valence-corrected chi connectivity index (χ3v) is 1.84. The van der Waals surface area contributed by atoms with Crippen LogP contribution < -0.4 is 5.32 Å². The molecule has 0 radical (unpaired) electrons. The molecule has 0 saturated heterocycles. The molecule has 9 nitrogen and oxygen atoms in total. The Labute approximate surface area is 103 Å². The molecule has 1 unspecified atom stereocenters. The molecule has 0 rings (SSSR count). The highest BCUT2D eigenvalue weighted by atomic mass is 16.4. The number of aliphatic carboxylic acids is 3. The van der Waals surface area contributed by atoms with E-state index in [1.165, 1.54) is 0 Å². The monoisotopic (exact) mass is 264 g/mol. The Hall–Kier alpha value is -1.71. The second-order valence-corrected chi connectivity index (χ2v) is 3.64. The van der Waals surface area contributed by atoms with Gasteiger partial charge in [-0.15, -0.1) is 0 Å². The number of aliphatic hydroxyl groups is 1. The normalized spacial score (nSPS) is 12.3. The number of nitrogens with zero attached hydrogens (tertiary/aromatic N) is 1. The van der Waals surface area contributed by atoms with Gasteiger partial charge in [0.05, 0.1) is 25.7 Å². The van der Waals surface area contributed by atoms with Crippen molar-refractivity contribution in [3.8, 4) is 0 Å². The van der Waals surface area contributed by atoms with Crippen LogP contribution in [-0.2, 0) is 14.4 Å². The summed E-state index contributed by atoms with van der Waals surface area (Å²) in [7, 11) is 0. The molecule has 0 aromatic rings. The van der Waals surface area contributed by atoms with Gasteiger partial charge in [-0.1, -0.05) is 0 Å². The molecule has 1 atom stereocenters. The van der Waals surface area contributed by atoms with E-state index in [4.69, 9.17) is 15.3 Å². The zero-order valence-electron chi connectivity index (χ0n) is 9.57. The maximum absolute atomic E-state index is 10.5. The Morgan fingerprint density at radius 2 is 1.50 bits per heavy atom. The maximum Gasteiger partial charge on any atom is 0.317 e. The van der Waals surface area contributed by atoms with E-state index in [2.05, 4.69) is 5.32 Å². The minimum absolute atomic E-state index is 0.0674. The number of carbonyl (C=O) groups is 3. The summed E-state index contributed by atoms with van der Waals surface area (Å²) in [6.45, 7) is -1.60. The Morgan fingerprint density at radius 3 is 1.89 bits per heavy atom. The average Bonchev–Trinajstić information content (AvgIpc) is 2.13. The van der Waals surface area contributed by atoms with Gasteiger partial charge in [-0.2, -0.15) is 0 Å². The Bertz CT molecular complexity index is 291. The largest absolute Gasteiger partial charge is 0.480 e. The van der Waals surface area contributed by atoms with Crippen LogP contribution in [0.3, 0.4) is 0 Å². The SMILES string of the molecule is O=C(O)CNCC(O)CN(CC(=O)O)CC(=O)O. The number of aliphatic hydroxyl groups excluding tert-OH is 1. The van der Waals surface area contributed by atoms with Gasteiger partial charge in [0.15, 0.2) is 0 Å². The predicted molar refractivity (Wildman–Crippen MR) is 58.2 cm³/mol. The summed E-state index contributed by atoms with van der Waals surface area (Å²) in [6.07, 6.45) is -1.05. The average molecular weight is 264 g/mol. The molecule has 0 heterocycles. The molecule has 18 heavy (non-hydrogen) atoms. The lowest BCUT2D eigenvalue weighted by molar-refractivity contribution is -0.142. The molecule has 0 aliphatic rings. The number of carboxylic acid groups (broad SMARTS) is 3. The lowest BCUT2D eigenvalue weighted by Gasteiger charge is -2.21. The predicted octanol–water partition coefficient (Wildman–Crippen LogP) is -2.51. The van der Waals surface area contributed by atoms with Gasteiger partial charge >= 0.3 is 17.9 Å². The lowest BCUT2D eigenvalue weighted by Crippen LogP contribution is -2.43. The van der Waals surface area contributed by atoms with E-state index in [1.54, 1.807) is 0 Å². The van der Waals surface area contributed by atoms with E-state index in [9.17, 15) is 19.5 Å². The van der Waals surface area contributed by atoms with Crippen molar-refractivity contribution in [2.75, 3.05) is 32.7 Å². The number of hydrogen-bond donors (Lipinski definition) is 5. The first kappa shape index (κ1) is 16.3. The van der Waals surface area contributed by atoms with Crippen LogP contribution in [0.1, 0.15) is 0 Å². The van der Waals surface area contributed by atoms with Gasteiger partial charge in [-0.25, -0.2) is 0 Å². The number of carboxylic acids is 3. The fourth-order valence-electron chi connectivity index (χ4n) is 1.28. The summed E-state index contributed by atoms with van der Waals surface area (Å²) in [6, 6.07) is 0. The van der Waals surface area contributed by atoms with Gasteiger partial charge in [0, 0.05) is 13.1 Å². The standard InChI is InChI=1S/C9H16N2O7/c12-6(1-10-2-7(13)14)3-11(4-8(15)16)5-9(17)18/h6,10,12H,1-5H2,(H,13,14)(H,15,16)(H,17,18). The molecule has 9 heteroatoms. The van der Waals surface area contributed by atoms with Crippen molar-refractivity contribution in [1.29, 1.82) is 0 Å². The molecule has 0 aromatic carbocycles. The molecule has 0 spiro atoms. The Balaban J connectivity index is 4.08. The molecule has 0 saturated carbocycles. The highest BCUT2D eigenvalue weighted by Gasteiger charge is 2.17. The van der Waals surface area contributed by atoms with E-state index >= 15 is 0 Å². The van der Waals surface area contributed by atoms with Gasteiger partial charge in [0.25, 0.3) is 0 Å². The molecule has 0 aliphatic heterocycles. The van der Waals surface area contributed by atoms with Crippen molar-refractivity contribution in [3.63, 3.8) is 0 Å². The summed E-state index contributed by atoms with van der Waals surface area (Å²) < 4.78 is 0. The van der Waals surface area contributed by atoms with E-state index < -0.39 is 37.1 Å². The van der Waals surface area contributed by atoms with Gasteiger partial charge in [-0.3, -0.25) is 19.3 Å². The highest BCUT2D eigenvalue weighted by molar-refractivity contribution is 5.72. The van der Waals surface area contributed by atoms with Crippen molar-refractivity contribution < 1.29 is 34.8 Å². The second-order valence-electron chi connectivity index (χ2n) is 3.64. The zero-order valence-corrected chi connectivity index (χ0v) is 9.57. The smallest absolute Gasteiger partial charge is 0.317 e. The van der Waals surface area contributed by atoms with Crippen LogP contribution >= 0.6 is 0 Å². The number of rotatable bonds is 10. The van der Waals surface area contributed by atoms with Crippen LogP contribution in [0.15, 0.2) is 0 Å². The quantitative estimate of drug-likeness (QED) is 0.288. The van der Waals surface area contributed by atoms with Crippen molar-refractivity contribution in [1.82, 2.24) is 10.2 Å². The topological polar surface area (TPSA) is 147 Å². The van der Waals surface area contributed by atoms with Crippen LogP contribution in [0.5, 0.6) is 0 Å². The first-order chi connectivity index (χ1) is 8.31. The number of hydrogen-bond acceptors (Lipinski definition) is 6. The first-order valence-electron chi connectivity index (χ1n) is 5.07. The minimum Gasteiger partial charge on any atom is -0.480 e. The molecule has 104 valence electrons. The maximum atomic E-state index is 10.5. The fraction of sp³-hybridized carbons (Fsp3) is 0.667. The molecule has 0 fully saturated rings. The summed E-state index contributed by atoms with van der Waals surface area (Å²) in [5, 5.41) is 37.3. The molecule has 0 aliphatic carbocycles. The molecular weight excluding hydrogens is 248 g/mol. The molecule has 0 bridgehead atoms. The third kappa shape index (κ3) is 9.51. The van der Waals surface area contributed by atoms with Crippen LogP contribution in [0.4, 0.5) is 0 Å². The van der Waals surface area contributed by atoms with Crippen LogP contribution in [0.25, 0.3) is 0 Å². The van der Waals surface area contributed by atoms with Crippen LogP contribution in [0, 0.1) is 0 Å². The summed E-state index contributed by atoms with van der Waals surface area (Å²) in [4.78, 5) is 32.2. The van der Waals surface area contributed by atoms with Gasteiger partial charge in [0.1, 0.15) is 0 Å². The lowest BCUT2D eigenvalue weighted by atomic mass is 10.3. The fourth-order valence-corrected chi connectivity index (χ4v) is 1.28. The summed E-state index contributed by atoms with van der Waals surface area (Å²) in [5.74, 6) is -3.50. The van der Waals surface area contributed by atoms with Crippen molar-refractivity contribution >= 4 is 17.9 Å². The molecule has 0 aromatic heterocycles. The van der Waals surface area contributed by atoms with Crippen LogP contribution in [-0.4, -0.2) is 82.1 Å². The summed E-state index contributed by atoms with van der Waals surface area (Å²) in [5.41, 5.74) is 0. The van der Waals surface area contributed by atoms with Crippen molar-refractivity contribution in [2.45, 2.75) is 6.10 Å². The molecule has 0 amide bonds. The van der Waals surface area contributed by atoms with Gasteiger partial charge in [0.2, 0.25) is 0 Å². The minimum atomic E-state index is -1.21.